The van der Waals surface area contributed by atoms with Crippen molar-refractivity contribution in [3.63, 3.8) is 0 Å². The van der Waals surface area contributed by atoms with Gasteiger partial charge in [-0.1, -0.05) is 11.6 Å². The summed E-state index contributed by atoms with van der Waals surface area (Å²) in [5.74, 6) is -0.0274. The molecule has 2 aromatic rings. The lowest BCUT2D eigenvalue weighted by Gasteiger charge is -2.05. The molecule has 0 amide bonds. The Balaban J connectivity index is 2.43. The Morgan fingerprint density at radius 2 is 2.11 bits per heavy atom. The normalized spacial score (nSPS) is 9.89. The van der Waals surface area contributed by atoms with E-state index in [-0.39, 0.29) is 5.82 Å². The van der Waals surface area contributed by atoms with E-state index in [9.17, 15) is 4.39 Å². The van der Waals surface area contributed by atoms with Crippen LogP contribution in [0.25, 0.3) is 11.3 Å². The molecule has 4 nitrogen and oxygen atoms in total. The van der Waals surface area contributed by atoms with E-state index in [1.54, 1.807) is 25.2 Å². The van der Waals surface area contributed by atoms with E-state index in [1.165, 1.54) is 12.1 Å². The minimum atomic E-state index is -0.351. The minimum Gasteiger partial charge on any atom is -0.275 e. The van der Waals surface area contributed by atoms with Crippen LogP contribution in [0.15, 0.2) is 24.3 Å². The number of hydrogen-bond acceptors (Lipinski definition) is 4. The fourth-order valence-corrected chi connectivity index (χ4v) is 1.76. The van der Waals surface area contributed by atoms with Gasteiger partial charge in [-0.2, -0.15) is 5.26 Å². The summed E-state index contributed by atoms with van der Waals surface area (Å²) in [4.78, 5) is 0. The predicted molar refractivity (Wildman–Crippen MR) is 66.4 cm³/mol. The van der Waals surface area contributed by atoms with Crippen molar-refractivity contribution in [2.45, 2.75) is 6.92 Å². The Morgan fingerprint density at radius 1 is 1.33 bits per heavy atom. The van der Waals surface area contributed by atoms with Crippen LogP contribution in [0.3, 0.4) is 0 Å². The molecule has 0 bridgehead atoms. The van der Waals surface area contributed by atoms with E-state index in [1.807, 2.05) is 0 Å². The summed E-state index contributed by atoms with van der Waals surface area (Å²) < 4.78 is 13.5. The molecule has 18 heavy (non-hydrogen) atoms. The first-order valence-electron chi connectivity index (χ1n) is 5.06. The highest BCUT2D eigenvalue weighted by molar-refractivity contribution is 6.33. The molecule has 0 saturated carbocycles. The largest absolute Gasteiger partial charge is 0.275 e. The Labute approximate surface area is 108 Å². The van der Waals surface area contributed by atoms with Crippen molar-refractivity contribution in [1.29, 1.82) is 5.26 Å². The molecule has 0 saturated heterocycles. The first kappa shape index (κ1) is 12.3. The van der Waals surface area contributed by atoms with Gasteiger partial charge in [-0.15, -0.1) is 10.2 Å². The Hall–Kier alpha value is -2.19. The van der Waals surface area contributed by atoms with E-state index in [2.05, 4.69) is 15.5 Å². The van der Waals surface area contributed by atoms with Crippen LogP contribution in [-0.4, -0.2) is 10.2 Å². The summed E-state index contributed by atoms with van der Waals surface area (Å²) in [6, 6.07) is 6.04. The van der Waals surface area contributed by atoms with Gasteiger partial charge in [0.05, 0.1) is 10.7 Å². The van der Waals surface area contributed by atoms with Crippen LogP contribution in [0.5, 0.6) is 0 Å². The summed E-state index contributed by atoms with van der Waals surface area (Å²) >= 11 is 6.03. The molecule has 0 unspecified atom stereocenters. The third kappa shape index (κ3) is 2.39. The molecule has 6 heteroatoms. The molecule has 0 aliphatic rings. The van der Waals surface area contributed by atoms with Crippen molar-refractivity contribution >= 4 is 17.4 Å². The second-order valence-electron chi connectivity index (χ2n) is 3.62. The lowest BCUT2D eigenvalue weighted by molar-refractivity contribution is 0.619. The fourth-order valence-electron chi connectivity index (χ4n) is 1.44. The third-order valence-electron chi connectivity index (χ3n) is 2.37. The molecule has 0 aliphatic heterocycles. The van der Waals surface area contributed by atoms with E-state index < -0.39 is 0 Å². The minimum absolute atomic E-state index is 0.324. The zero-order chi connectivity index (χ0) is 13.1. The topological polar surface area (TPSA) is 61.6 Å². The van der Waals surface area contributed by atoms with Crippen LogP contribution >= 0.6 is 11.6 Å². The average Bonchev–Trinajstić information content (AvgIpc) is 2.35. The predicted octanol–water partition coefficient (Wildman–Crippen LogP) is 3.14. The highest BCUT2D eigenvalue weighted by Gasteiger charge is 2.09. The van der Waals surface area contributed by atoms with Gasteiger partial charge in [-0.3, -0.25) is 5.32 Å². The number of anilines is 1. The van der Waals surface area contributed by atoms with Crippen molar-refractivity contribution in [2.75, 3.05) is 5.32 Å². The maximum Gasteiger partial charge on any atom is 0.182 e. The maximum absolute atomic E-state index is 13.5. The van der Waals surface area contributed by atoms with Gasteiger partial charge in [0.25, 0.3) is 0 Å². The number of halogens is 2. The lowest BCUT2D eigenvalue weighted by atomic mass is 10.1. The van der Waals surface area contributed by atoms with E-state index in [0.29, 0.717) is 27.7 Å². The molecule has 1 N–H and O–H groups in total. The summed E-state index contributed by atoms with van der Waals surface area (Å²) in [5.41, 5.74) is 1.39. The molecular formula is C12H8ClFN4. The SMILES string of the molecule is Cc1cc(Cl)c(-c2ccc(NC#N)nn2)cc1F. The molecule has 90 valence electrons. The van der Waals surface area contributed by atoms with Crippen LogP contribution in [0, 0.1) is 24.2 Å². The zero-order valence-electron chi connectivity index (χ0n) is 9.41. The third-order valence-corrected chi connectivity index (χ3v) is 2.69. The number of aromatic nitrogens is 2. The molecular weight excluding hydrogens is 255 g/mol. The van der Waals surface area contributed by atoms with Gasteiger partial charge in [0.1, 0.15) is 5.82 Å². The smallest absolute Gasteiger partial charge is 0.182 e. The van der Waals surface area contributed by atoms with Crippen LogP contribution in [-0.2, 0) is 0 Å². The number of hydrogen-bond donors (Lipinski definition) is 1. The summed E-state index contributed by atoms with van der Waals surface area (Å²) in [6.45, 7) is 1.64. The highest BCUT2D eigenvalue weighted by Crippen LogP contribution is 2.28. The molecule has 1 heterocycles. The van der Waals surface area contributed by atoms with Crippen LogP contribution < -0.4 is 5.32 Å². The quantitative estimate of drug-likeness (QED) is 0.667. The second kappa shape index (κ2) is 4.98. The zero-order valence-corrected chi connectivity index (χ0v) is 10.2. The first-order valence-corrected chi connectivity index (χ1v) is 5.44. The second-order valence-corrected chi connectivity index (χ2v) is 4.03. The van der Waals surface area contributed by atoms with Crippen molar-refractivity contribution < 1.29 is 4.39 Å². The lowest BCUT2D eigenvalue weighted by Crippen LogP contribution is -1.96. The Bertz CT molecular complexity index is 619. The van der Waals surface area contributed by atoms with Gasteiger partial charge in [0.15, 0.2) is 12.0 Å². The van der Waals surface area contributed by atoms with Gasteiger partial charge in [-0.05, 0) is 36.8 Å². The summed E-state index contributed by atoms with van der Waals surface area (Å²) in [6.07, 6.45) is 1.73. The van der Waals surface area contributed by atoms with Crippen LogP contribution in [0.4, 0.5) is 10.2 Å². The number of nitriles is 1. The van der Waals surface area contributed by atoms with Gasteiger partial charge in [0, 0.05) is 5.56 Å². The molecule has 0 atom stereocenters. The van der Waals surface area contributed by atoms with Gasteiger partial charge in [-0.25, -0.2) is 4.39 Å². The molecule has 0 fully saturated rings. The molecule has 2 rings (SSSR count). The Kier molecular flexibility index (Phi) is 3.40. The van der Waals surface area contributed by atoms with Crippen molar-refractivity contribution in [3.8, 4) is 17.5 Å². The van der Waals surface area contributed by atoms with Gasteiger partial charge >= 0.3 is 0 Å². The first-order chi connectivity index (χ1) is 8.61. The van der Waals surface area contributed by atoms with Crippen LogP contribution in [0.2, 0.25) is 5.02 Å². The van der Waals surface area contributed by atoms with Gasteiger partial charge < -0.3 is 0 Å². The monoisotopic (exact) mass is 262 g/mol. The van der Waals surface area contributed by atoms with Crippen molar-refractivity contribution in [1.82, 2.24) is 10.2 Å². The number of nitrogens with one attached hydrogen (secondary N) is 1. The maximum atomic E-state index is 13.5. The Morgan fingerprint density at radius 3 is 2.72 bits per heavy atom. The van der Waals surface area contributed by atoms with Crippen LogP contribution in [0.1, 0.15) is 5.56 Å². The van der Waals surface area contributed by atoms with E-state index >= 15 is 0 Å². The molecule has 1 aromatic carbocycles. The molecule has 0 spiro atoms. The van der Waals surface area contributed by atoms with Crippen molar-refractivity contribution in [2.24, 2.45) is 0 Å². The fraction of sp³-hybridized carbons (Fsp3) is 0.0833. The van der Waals surface area contributed by atoms with E-state index in [4.69, 9.17) is 16.9 Å². The molecule has 0 radical (unpaired) electrons. The molecule has 1 aromatic heterocycles. The average molecular weight is 263 g/mol. The summed E-state index contributed by atoms with van der Waals surface area (Å²) in [7, 11) is 0. The highest BCUT2D eigenvalue weighted by atomic mass is 35.5. The van der Waals surface area contributed by atoms with Gasteiger partial charge in [0.2, 0.25) is 0 Å². The number of nitrogens with zero attached hydrogens (tertiary/aromatic N) is 3. The number of aryl methyl sites for hydroxylation is 1. The summed E-state index contributed by atoms with van der Waals surface area (Å²) in [5, 5.41) is 18.8. The van der Waals surface area contributed by atoms with E-state index in [0.717, 1.165) is 0 Å². The molecule has 0 aliphatic carbocycles. The standard InChI is InChI=1S/C12H8ClFN4/c1-7-4-9(13)8(5-10(7)14)11-2-3-12(16-6-15)18-17-11/h2-5H,1H3,(H,16,18). The van der Waals surface area contributed by atoms with Crippen molar-refractivity contribution in [3.05, 3.63) is 40.7 Å². The number of benzene rings is 1. The number of rotatable bonds is 2.